The van der Waals surface area contributed by atoms with Crippen LogP contribution in [0.25, 0.3) is 0 Å². The zero-order chi connectivity index (χ0) is 10.7. The number of pyridine rings is 1. The predicted octanol–water partition coefficient (Wildman–Crippen LogP) is 2.56. The molecule has 1 aromatic carbocycles. The van der Waals surface area contributed by atoms with Crippen molar-refractivity contribution >= 4 is 5.82 Å². The Morgan fingerprint density at radius 2 is 1.80 bits per heavy atom. The van der Waals surface area contributed by atoms with Gasteiger partial charge in [-0.3, -0.25) is 0 Å². The first-order valence-corrected chi connectivity index (χ1v) is 5.01. The van der Waals surface area contributed by atoms with E-state index in [1.54, 1.807) is 6.20 Å². The minimum absolute atomic E-state index is 0.626. The molecular formula is C13H14N2. The van der Waals surface area contributed by atoms with Crippen LogP contribution >= 0.6 is 0 Å². The molecule has 2 aromatic rings. The van der Waals surface area contributed by atoms with Gasteiger partial charge in [0, 0.05) is 12.6 Å². The molecule has 2 nitrogen and oxygen atoms in total. The molecule has 0 saturated carbocycles. The molecule has 0 aliphatic heterocycles. The highest BCUT2D eigenvalue weighted by molar-refractivity contribution is 5.43. The SMILES string of the molecule is Cc1ccccc1Cc1cccnc1N. The van der Waals surface area contributed by atoms with Crippen molar-refractivity contribution in [1.29, 1.82) is 0 Å². The minimum Gasteiger partial charge on any atom is -0.383 e. The van der Waals surface area contributed by atoms with Gasteiger partial charge in [-0.15, -0.1) is 0 Å². The molecule has 0 saturated heterocycles. The second kappa shape index (κ2) is 4.13. The van der Waals surface area contributed by atoms with Crippen LogP contribution in [0.15, 0.2) is 42.6 Å². The summed E-state index contributed by atoms with van der Waals surface area (Å²) in [5.41, 5.74) is 9.49. The lowest BCUT2D eigenvalue weighted by Crippen LogP contribution is -1.99. The highest BCUT2D eigenvalue weighted by atomic mass is 14.8. The van der Waals surface area contributed by atoms with Crippen molar-refractivity contribution in [1.82, 2.24) is 4.98 Å². The standard InChI is InChI=1S/C13H14N2/c1-10-5-2-3-6-11(10)9-12-7-4-8-15-13(12)14/h2-8H,9H2,1H3,(H2,14,15). The van der Waals surface area contributed by atoms with E-state index in [1.807, 2.05) is 18.2 Å². The van der Waals surface area contributed by atoms with Gasteiger partial charge < -0.3 is 5.73 Å². The van der Waals surface area contributed by atoms with Crippen molar-refractivity contribution in [2.45, 2.75) is 13.3 Å². The average molecular weight is 198 g/mol. The summed E-state index contributed by atoms with van der Waals surface area (Å²) in [6.45, 7) is 2.11. The van der Waals surface area contributed by atoms with Crippen molar-refractivity contribution < 1.29 is 0 Å². The molecule has 76 valence electrons. The minimum atomic E-state index is 0.626. The molecule has 15 heavy (non-hydrogen) atoms. The highest BCUT2D eigenvalue weighted by Gasteiger charge is 2.02. The molecule has 0 atom stereocenters. The molecular weight excluding hydrogens is 184 g/mol. The van der Waals surface area contributed by atoms with Crippen LogP contribution in [0.3, 0.4) is 0 Å². The van der Waals surface area contributed by atoms with E-state index in [2.05, 4.69) is 30.1 Å². The molecule has 0 bridgehead atoms. The molecule has 0 fully saturated rings. The van der Waals surface area contributed by atoms with Gasteiger partial charge in [0.25, 0.3) is 0 Å². The van der Waals surface area contributed by atoms with Crippen LogP contribution in [0.5, 0.6) is 0 Å². The molecule has 0 aliphatic carbocycles. The number of nitrogens with two attached hydrogens (primary N) is 1. The van der Waals surface area contributed by atoms with Crippen molar-refractivity contribution in [3.05, 3.63) is 59.3 Å². The van der Waals surface area contributed by atoms with Crippen molar-refractivity contribution in [3.63, 3.8) is 0 Å². The Hall–Kier alpha value is -1.83. The number of rotatable bonds is 2. The summed E-state index contributed by atoms with van der Waals surface area (Å²) >= 11 is 0. The number of aromatic nitrogens is 1. The lowest BCUT2D eigenvalue weighted by Gasteiger charge is -2.06. The van der Waals surface area contributed by atoms with Crippen LogP contribution in [0.4, 0.5) is 5.82 Å². The summed E-state index contributed by atoms with van der Waals surface area (Å²) in [6.07, 6.45) is 2.57. The van der Waals surface area contributed by atoms with Gasteiger partial charge in [0.05, 0.1) is 0 Å². The Bertz CT molecular complexity index is 420. The fourth-order valence-corrected chi connectivity index (χ4v) is 1.61. The largest absolute Gasteiger partial charge is 0.383 e. The number of nitrogen functional groups attached to an aromatic ring is 1. The van der Waals surface area contributed by atoms with Gasteiger partial charge >= 0.3 is 0 Å². The number of benzene rings is 1. The molecule has 0 amide bonds. The van der Waals surface area contributed by atoms with Crippen LogP contribution in [0, 0.1) is 6.92 Å². The van der Waals surface area contributed by atoms with E-state index >= 15 is 0 Å². The van der Waals surface area contributed by atoms with Gasteiger partial charge in [0.15, 0.2) is 0 Å². The van der Waals surface area contributed by atoms with Crippen LogP contribution < -0.4 is 5.73 Å². The maximum Gasteiger partial charge on any atom is 0.126 e. The van der Waals surface area contributed by atoms with E-state index in [1.165, 1.54) is 11.1 Å². The van der Waals surface area contributed by atoms with Crippen LogP contribution in [-0.4, -0.2) is 4.98 Å². The first kappa shape index (κ1) is 9.71. The quantitative estimate of drug-likeness (QED) is 0.805. The van der Waals surface area contributed by atoms with E-state index in [-0.39, 0.29) is 0 Å². The zero-order valence-electron chi connectivity index (χ0n) is 8.77. The summed E-state index contributed by atoms with van der Waals surface area (Å²) in [6, 6.07) is 12.3. The lowest BCUT2D eigenvalue weighted by atomic mass is 10.0. The van der Waals surface area contributed by atoms with Gasteiger partial charge in [-0.2, -0.15) is 0 Å². The Labute approximate surface area is 89.8 Å². The maximum absolute atomic E-state index is 5.81. The fourth-order valence-electron chi connectivity index (χ4n) is 1.61. The topological polar surface area (TPSA) is 38.9 Å². The second-order valence-electron chi connectivity index (χ2n) is 3.65. The summed E-state index contributed by atoms with van der Waals surface area (Å²) < 4.78 is 0. The third-order valence-corrected chi connectivity index (χ3v) is 2.57. The van der Waals surface area contributed by atoms with Crippen LogP contribution in [0.1, 0.15) is 16.7 Å². The van der Waals surface area contributed by atoms with Crippen molar-refractivity contribution in [2.24, 2.45) is 0 Å². The van der Waals surface area contributed by atoms with E-state index in [0.29, 0.717) is 5.82 Å². The Morgan fingerprint density at radius 1 is 1.07 bits per heavy atom. The summed E-state index contributed by atoms with van der Waals surface area (Å²) in [5, 5.41) is 0. The number of aryl methyl sites for hydroxylation is 1. The normalized spacial score (nSPS) is 10.2. The molecule has 2 N–H and O–H groups in total. The molecule has 0 unspecified atom stereocenters. The highest BCUT2D eigenvalue weighted by Crippen LogP contribution is 2.16. The lowest BCUT2D eigenvalue weighted by molar-refractivity contribution is 1.13. The Kier molecular flexibility index (Phi) is 2.68. The number of anilines is 1. The first-order valence-electron chi connectivity index (χ1n) is 5.01. The van der Waals surface area contributed by atoms with Gasteiger partial charge in [0.2, 0.25) is 0 Å². The third kappa shape index (κ3) is 2.15. The molecule has 0 aliphatic rings. The van der Waals surface area contributed by atoms with Gasteiger partial charge in [-0.1, -0.05) is 30.3 Å². The molecule has 2 rings (SSSR count). The van der Waals surface area contributed by atoms with E-state index in [0.717, 1.165) is 12.0 Å². The second-order valence-corrected chi connectivity index (χ2v) is 3.65. The summed E-state index contributed by atoms with van der Waals surface area (Å²) in [5.74, 6) is 0.626. The van der Waals surface area contributed by atoms with Gasteiger partial charge in [-0.05, 0) is 29.7 Å². The number of nitrogens with zero attached hydrogens (tertiary/aromatic N) is 1. The zero-order valence-corrected chi connectivity index (χ0v) is 8.77. The van der Waals surface area contributed by atoms with Crippen molar-refractivity contribution in [3.8, 4) is 0 Å². The van der Waals surface area contributed by atoms with Crippen LogP contribution in [-0.2, 0) is 6.42 Å². The molecule has 0 spiro atoms. The maximum atomic E-state index is 5.81. The smallest absolute Gasteiger partial charge is 0.126 e. The first-order chi connectivity index (χ1) is 7.27. The molecule has 2 heteroatoms. The average Bonchev–Trinajstić information content (AvgIpc) is 2.24. The third-order valence-electron chi connectivity index (χ3n) is 2.57. The monoisotopic (exact) mass is 198 g/mol. The van der Waals surface area contributed by atoms with Gasteiger partial charge in [-0.25, -0.2) is 4.98 Å². The Balaban J connectivity index is 2.30. The fraction of sp³-hybridized carbons (Fsp3) is 0.154. The number of hydrogen-bond acceptors (Lipinski definition) is 2. The molecule has 1 aromatic heterocycles. The van der Waals surface area contributed by atoms with Crippen molar-refractivity contribution in [2.75, 3.05) is 5.73 Å². The van der Waals surface area contributed by atoms with Gasteiger partial charge in [0.1, 0.15) is 5.82 Å². The Morgan fingerprint density at radius 3 is 2.53 bits per heavy atom. The van der Waals surface area contributed by atoms with E-state index in [9.17, 15) is 0 Å². The predicted molar refractivity (Wildman–Crippen MR) is 62.6 cm³/mol. The molecule has 0 radical (unpaired) electrons. The molecule has 1 heterocycles. The van der Waals surface area contributed by atoms with Crippen LogP contribution in [0.2, 0.25) is 0 Å². The number of hydrogen-bond donors (Lipinski definition) is 1. The van der Waals surface area contributed by atoms with E-state index < -0.39 is 0 Å². The summed E-state index contributed by atoms with van der Waals surface area (Å²) in [7, 11) is 0. The van der Waals surface area contributed by atoms with E-state index in [4.69, 9.17) is 5.73 Å². The summed E-state index contributed by atoms with van der Waals surface area (Å²) in [4.78, 5) is 4.08.